The second-order valence-corrected chi connectivity index (χ2v) is 6.82. The van der Waals surface area contributed by atoms with Crippen LogP contribution in [0.2, 0.25) is 0 Å². The molecule has 1 saturated heterocycles. The van der Waals surface area contributed by atoms with E-state index in [-0.39, 0.29) is 17.7 Å². The van der Waals surface area contributed by atoms with Gasteiger partial charge in [-0.1, -0.05) is 30.3 Å². The summed E-state index contributed by atoms with van der Waals surface area (Å²) in [6, 6.07) is 10.5. The Kier molecular flexibility index (Phi) is 3.01. The minimum atomic E-state index is -0.459. The van der Waals surface area contributed by atoms with Crippen LogP contribution in [0.4, 0.5) is 4.79 Å². The fourth-order valence-corrected chi connectivity index (χ4v) is 3.18. The number of hydrogen-bond donors (Lipinski definition) is 2. The monoisotopic (exact) mass is 274 g/mol. The predicted octanol–water partition coefficient (Wildman–Crippen LogP) is 2.61. The topological polar surface area (TPSA) is 50.4 Å². The van der Waals surface area contributed by atoms with Gasteiger partial charge < -0.3 is 15.4 Å². The number of fused-ring (bicyclic) bond motifs is 1. The number of hydrogen-bond acceptors (Lipinski definition) is 3. The number of rotatable bonds is 2. The Balaban J connectivity index is 1.74. The number of nitrogens with one attached hydrogen (secondary N) is 2. The van der Waals surface area contributed by atoms with Crippen LogP contribution in [0.15, 0.2) is 30.3 Å². The van der Waals surface area contributed by atoms with Gasteiger partial charge in [-0.15, -0.1) is 0 Å². The van der Waals surface area contributed by atoms with Gasteiger partial charge in [-0.05, 0) is 38.7 Å². The molecule has 4 nitrogen and oxygen atoms in total. The Bertz CT molecular complexity index is 509. The van der Waals surface area contributed by atoms with Gasteiger partial charge in [-0.2, -0.15) is 0 Å². The van der Waals surface area contributed by atoms with Gasteiger partial charge in [0.05, 0.1) is 11.6 Å². The molecule has 1 aliphatic heterocycles. The van der Waals surface area contributed by atoms with Gasteiger partial charge in [0.2, 0.25) is 0 Å². The molecule has 3 atom stereocenters. The lowest BCUT2D eigenvalue weighted by atomic mass is 9.98. The summed E-state index contributed by atoms with van der Waals surface area (Å²) in [6.45, 7) is 6.61. The minimum absolute atomic E-state index is 0.163. The highest BCUT2D eigenvalue weighted by molar-refractivity contribution is 5.70. The van der Waals surface area contributed by atoms with Crippen molar-refractivity contribution in [2.24, 2.45) is 5.92 Å². The van der Waals surface area contributed by atoms with Crippen LogP contribution < -0.4 is 10.6 Å². The maximum absolute atomic E-state index is 12.1. The van der Waals surface area contributed by atoms with Crippen molar-refractivity contribution < 1.29 is 9.53 Å². The summed E-state index contributed by atoms with van der Waals surface area (Å²) in [4.78, 5) is 12.1. The number of amides is 1. The zero-order valence-electron chi connectivity index (χ0n) is 12.3. The zero-order chi connectivity index (χ0) is 14.4. The van der Waals surface area contributed by atoms with Crippen molar-refractivity contribution in [1.29, 1.82) is 0 Å². The van der Waals surface area contributed by atoms with E-state index in [1.165, 1.54) is 5.56 Å². The first-order chi connectivity index (χ1) is 9.41. The molecule has 1 amide bonds. The summed E-state index contributed by atoms with van der Waals surface area (Å²) in [5.41, 5.74) is 0.604. The summed E-state index contributed by atoms with van der Waals surface area (Å²) in [7, 11) is 0. The van der Waals surface area contributed by atoms with Crippen LogP contribution in [-0.2, 0) is 4.74 Å². The first-order valence-corrected chi connectivity index (χ1v) is 7.20. The molecule has 108 valence electrons. The van der Waals surface area contributed by atoms with Crippen molar-refractivity contribution in [1.82, 2.24) is 10.6 Å². The molecule has 1 aromatic rings. The standard InChI is InChI=1S/C16H22N2O2/c1-15(2,3)20-14(19)18-16-9-12(16)10-17-13(16)11-7-5-4-6-8-11/h4-8,12-13,17H,9-10H2,1-3H3,(H,18,19)/t12?,13-,16+/m1/s1. The molecule has 1 heterocycles. The summed E-state index contributed by atoms with van der Waals surface area (Å²) >= 11 is 0. The molecule has 1 aromatic carbocycles. The van der Waals surface area contributed by atoms with Crippen LogP contribution >= 0.6 is 0 Å². The second-order valence-electron chi connectivity index (χ2n) is 6.82. The third kappa shape index (κ3) is 2.40. The van der Waals surface area contributed by atoms with Gasteiger partial charge in [-0.25, -0.2) is 4.79 Å². The normalized spacial score (nSPS) is 31.6. The van der Waals surface area contributed by atoms with Crippen LogP contribution in [0.1, 0.15) is 38.8 Å². The van der Waals surface area contributed by atoms with E-state index in [4.69, 9.17) is 4.74 Å². The molecule has 0 aromatic heterocycles. The number of piperidine rings is 1. The lowest BCUT2D eigenvalue weighted by Crippen LogP contribution is -2.45. The van der Waals surface area contributed by atoms with Crippen LogP contribution in [0.3, 0.4) is 0 Å². The van der Waals surface area contributed by atoms with Crippen molar-refractivity contribution in [3.05, 3.63) is 35.9 Å². The smallest absolute Gasteiger partial charge is 0.408 e. The van der Waals surface area contributed by atoms with Crippen LogP contribution in [-0.4, -0.2) is 23.8 Å². The van der Waals surface area contributed by atoms with Crippen molar-refractivity contribution in [2.75, 3.05) is 6.54 Å². The van der Waals surface area contributed by atoms with E-state index in [2.05, 4.69) is 22.8 Å². The SMILES string of the molecule is CC(C)(C)OC(=O)N[C@@]12CC1CN[C@@H]2c1ccccc1. The van der Waals surface area contributed by atoms with Crippen LogP contribution in [0, 0.1) is 5.92 Å². The number of alkyl carbamates (subject to hydrolysis) is 1. The highest BCUT2D eigenvalue weighted by Gasteiger charge is 2.64. The maximum Gasteiger partial charge on any atom is 0.408 e. The molecule has 0 radical (unpaired) electrons. The molecule has 2 aliphatic rings. The highest BCUT2D eigenvalue weighted by Crippen LogP contribution is 2.55. The molecule has 4 heteroatoms. The van der Waals surface area contributed by atoms with Crippen molar-refractivity contribution in [3.8, 4) is 0 Å². The Morgan fingerprint density at radius 2 is 2.05 bits per heavy atom. The molecular formula is C16H22N2O2. The average molecular weight is 274 g/mol. The number of benzene rings is 1. The molecule has 1 saturated carbocycles. The Hall–Kier alpha value is -1.55. The maximum atomic E-state index is 12.1. The summed E-state index contributed by atoms with van der Waals surface area (Å²) in [5, 5.41) is 6.62. The minimum Gasteiger partial charge on any atom is -0.444 e. The molecule has 0 spiro atoms. The second kappa shape index (κ2) is 4.48. The molecule has 0 bridgehead atoms. The predicted molar refractivity (Wildman–Crippen MR) is 77.4 cm³/mol. The molecule has 20 heavy (non-hydrogen) atoms. The fourth-order valence-electron chi connectivity index (χ4n) is 3.18. The van der Waals surface area contributed by atoms with Gasteiger partial charge in [0.25, 0.3) is 0 Å². The highest BCUT2D eigenvalue weighted by atomic mass is 16.6. The lowest BCUT2D eigenvalue weighted by molar-refractivity contribution is 0.0486. The van der Waals surface area contributed by atoms with Crippen molar-refractivity contribution >= 4 is 6.09 Å². The van der Waals surface area contributed by atoms with Crippen molar-refractivity contribution in [2.45, 2.75) is 44.4 Å². The van der Waals surface area contributed by atoms with E-state index in [9.17, 15) is 4.79 Å². The number of carbonyl (C=O) groups excluding carboxylic acids is 1. The van der Waals surface area contributed by atoms with E-state index in [0.29, 0.717) is 5.92 Å². The number of ether oxygens (including phenoxy) is 1. The summed E-state index contributed by atoms with van der Waals surface area (Å²) in [6.07, 6.45) is 0.711. The molecule has 1 aliphatic carbocycles. The van der Waals surface area contributed by atoms with E-state index in [1.807, 2.05) is 39.0 Å². The Morgan fingerprint density at radius 3 is 2.65 bits per heavy atom. The van der Waals surface area contributed by atoms with E-state index < -0.39 is 5.60 Å². The molecule has 3 rings (SSSR count). The number of carbonyl (C=O) groups is 1. The van der Waals surface area contributed by atoms with Crippen molar-refractivity contribution in [3.63, 3.8) is 0 Å². The molecular weight excluding hydrogens is 252 g/mol. The lowest BCUT2D eigenvalue weighted by Gasteiger charge is -2.27. The Morgan fingerprint density at radius 1 is 1.35 bits per heavy atom. The zero-order valence-corrected chi connectivity index (χ0v) is 12.3. The van der Waals surface area contributed by atoms with Gasteiger partial charge in [-0.3, -0.25) is 0 Å². The van der Waals surface area contributed by atoms with Gasteiger partial charge >= 0.3 is 6.09 Å². The van der Waals surface area contributed by atoms with Gasteiger partial charge in [0.1, 0.15) is 5.60 Å². The van der Waals surface area contributed by atoms with E-state index >= 15 is 0 Å². The Labute approximate surface area is 119 Å². The third-order valence-electron chi connectivity index (χ3n) is 4.10. The summed E-state index contributed by atoms with van der Waals surface area (Å²) in [5.74, 6) is 0.514. The first-order valence-electron chi connectivity index (χ1n) is 7.20. The first kappa shape index (κ1) is 13.4. The molecule has 2 fully saturated rings. The summed E-state index contributed by atoms with van der Waals surface area (Å²) < 4.78 is 5.40. The van der Waals surface area contributed by atoms with Gasteiger partial charge in [0.15, 0.2) is 0 Å². The quantitative estimate of drug-likeness (QED) is 0.871. The fraction of sp³-hybridized carbons (Fsp3) is 0.562. The molecule has 2 N–H and O–H groups in total. The average Bonchev–Trinajstić information content (AvgIpc) is 2.92. The van der Waals surface area contributed by atoms with E-state index in [0.717, 1.165) is 13.0 Å². The van der Waals surface area contributed by atoms with Crippen LogP contribution in [0.25, 0.3) is 0 Å². The molecule has 1 unspecified atom stereocenters. The third-order valence-corrected chi connectivity index (χ3v) is 4.10. The van der Waals surface area contributed by atoms with Crippen LogP contribution in [0.5, 0.6) is 0 Å². The van der Waals surface area contributed by atoms with E-state index in [1.54, 1.807) is 0 Å². The largest absolute Gasteiger partial charge is 0.444 e. The van der Waals surface area contributed by atoms with Gasteiger partial charge in [0, 0.05) is 6.54 Å².